The van der Waals surface area contributed by atoms with Gasteiger partial charge in [0, 0.05) is 35.8 Å². The van der Waals surface area contributed by atoms with E-state index in [-0.39, 0.29) is 11.7 Å². The monoisotopic (exact) mass is 398 g/mol. The highest BCUT2D eigenvalue weighted by atomic mass is 32.2. The standard InChI is InChI=1S/C19H18N4O2S2/c1-23(27-16-7-2-3-8-20-16)15-6-4-5-12-9-14(22-18(12)15)19-21-11-13(26-19)10-17(24)25/h2-9,13,22H,10-11H2,1H3,(H,24,25). The van der Waals surface area contributed by atoms with Gasteiger partial charge in [-0.15, -0.1) is 0 Å². The first-order valence-electron chi connectivity index (χ1n) is 8.48. The Kier molecular flexibility index (Phi) is 5.09. The maximum Gasteiger partial charge on any atom is 0.304 e. The van der Waals surface area contributed by atoms with Gasteiger partial charge in [0.05, 0.1) is 29.9 Å². The Morgan fingerprint density at radius 2 is 2.26 bits per heavy atom. The first-order chi connectivity index (χ1) is 13.1. The van der Waals surface area contributed by atoms with Crippen LogP contribution in [0.15, 0.2) is 58.7 Å². The molecule has 0 amide bonds. The van der Waals surface area contributed by atoms with Gasteiger partial charge in [-0.1, -0.05) is 30.0 Å². The normalized spacial score (nSPS) is 16.5. The lowest BCUT2D eigenvalue weighted by Gasteiger charge is -2.18. The number of hydrogen-bond donors (Lipinski definition) is 2. The van der Waals surface area contributed by atoms with Crippen molar-refractivity contribution in [3.8, 4) is 0 Å². The van der Waals surface area contributed by atoms with Crippen LogP contribution in [0, 0.1) is 0 Å². The average molecular weight is 399 g/mol. The minimum atomic E-state index is -0.781. The number of aliphatic imine (C=N–C) groups is 1. The third-order valence-corrected chi connectivity index (χ3v) is 6.31. The molecule has 0 saturated carbocycles. The molecule has 0 bridgehead atoms. The number of hydrogen-bond acceptors (Lipinski definition) is 6. The number of aromatic nitrogens is 2. The zero-order valence-corrected chi connectivity index (χ0v) is 16.3. The molecule has 2 aromatic heterocycles. The van der Waals surface area contributed by atoms with Gasteiger partial charge in [0.25, 0.3) is 0 Å². The molecule has 138 valence electrons. The van der Waals surface area contributed by atoms with Crippen LogP contribution in [0.4, 0.5) is 5.69 Å². The van der Waals surface area contributed by atoms with Crippen molar-refractivity contribution in [2.24, 2.45) is 4.99 Å². The highest BCUT2D eigenvalue weighted by Gasteiger charge is 2.24. The van der Waals surface area contributed by atoms with Crippen LogP contribution in [0.25, 0.3) is 10.9 Å². The fourth-order valence-corrected chi connectivity index (χ4v) is 4.83. The SMILES string of the molecule is CN(Sc1ccccn1)c1cccc2cc(C3=NCC(CC(=O)O)S3)[nH]c12. The summed E-state index contributed by atoms with van der Waals surface area (Å²) in [6.07, 6.45) is 1.92. The van der Waals surface area contributed by atoms with E-state index in [0.717, 1.165) is 32.4 Å². The highest BCUT2D eigenvalue weighted by Crippen LogP contribution is 2.34. The molecule has 3 heterocycles. The number of nitrogens with zero attached hydrogens (tertiary/aromatic N) is 3. The van der Waals surface area contributed by atoms with Crippen molar-refractivity contribution in [3.63, 3.8) is 0 Å². The number of carbonyl (C=O) groups is 1. The van der Waals surface area contributed by atoms with Crippen LogP contribution in [0.3, 0.4) is 0 Å². The van der Waals surface area contributed by atoms with Crippen molar-refractivity contribution >= 4 is 51.3 Å². The zero-order chi connectivity index (χ0) is 18.8. The molecule has 8 heteroatoms. The second kappa shape index (κ2) is 7.66. The van der Waals surface area contributed by atoms with Crippen molar-refractivity contribution in [3.05, 3.63) is 54.4 Å². The third kappa shape index (κ3) is 3.96. The number of anilines is 1. The van der Waals surface area contributed by atoms with Crippen LogP contribution in [-0.4, -0.2) is 44.9 Å². The van der Waals surface area contributed by atoms with Gasteiger partial charge >= 0.3 is 5.97 Å². The summed E-state index contributed by atoms with van der Waals surface area (Å²) in [6.45, 7) is 0.546. The molecule has 0 saturated heterocycles. The smallest absolute Gasteiger partial charge is 0.304 e. The van der Waals surface area contributed by atoms with Gasteiger partial charge in [-0.25, -0.2) is 4.98 Å². The molecular weight excluding hydrogens is 380 g/mol. The van der Waals surface area contributed by atoms with Crippen LogP contribution in [0.1, 0.15) is 12.1 Å². The Hall–Kier alpha value is -2.45. The predicted molar refractivity (Wildman–Crippen MR) is 112 cm³/mol. The molecule has 1 unspecified atom stereocenters. The van der Waals surface area contributed by atoms with E-state index in [9.17, 15) is 4.79 Å². The van der Waals surface area contributed by atoms with Gasteiger partial charge in [0.2, 0.25) is 0 Å². The summed E-state index contributed by atoms with van der Waals surface area (Å²) in [4.78, 5) is 23.3. The number of pyridine rings is 1. The fourth-order valence-electron chi connectivity index (χ4n) is 2.98. The van der Waals surface area contributed by atoms with Gasteiger partial charge < -0.3 is 14.4 Å². The second-order valence-corrected chi connectivity index (χ2v) is 8.60. The Labute approximate surface area is 165 Å². The number of carboxylic acids is 1. The third-order valence-electron chi connectivity index (χ3n) is 4.19. The summed E-state index contributed by atoms with van der Waals surface area (Å²) in [6, 6.07) is 14.1. The minimum absolute atomic E-state index is 0.00534. The van der Waals surface area contributed by atoms with E-state index in [0.29, 0.717) is 6.54 Å². The summed E-state index contributed by atoms with van der Waals surface area (Å²) < 4.78 is 2.09. The lowest BCUT2D eigenvalue weighted by molar-refractivity contribution is -0.136. The molecule has 4 rings (SSSR count). The van der Waals surface area contributed by atoms with Gasteiger partial charge in [-0.3, -0.25) is 9.79 Å². The first-order valence-corrected chi connectivity index (χ1v) is 10.1. The zero-order valence-electron chi connectivity index (χ0n) is 14.6. The molecule has 0 fully saturated rings. The number of fused-ring (bicyclic) bond motifs is 1. The minimum Gasteiger partial charge on any atom is -0.481 e. The Morgan fingerprint density at radius 3 is 3.04 bits per heavy atom. The van der Waals surface area contributed by atoms with Gasteiger partial charge in [-0.2, -0.15) is 0 Å². The summed E-state index contributed by atoms with van der Waals surface area (Å²) >= 11 is 3.10. The Balaban J connectivity index is 1.58. The number of rotatable bonds is 6. The van der Waals surface area contributed by atoms with Crippen molar-refractivity contribution in [2.45, 2.75) is 16.7 Å². The van der Waals surface area contributed by atoms with E-state index in [2.05, 4.69) is 37.5 Å². The number of thioether (sulfide) groups is 1. The molecule has 27 heavy (non-hydrogen) atoms. The first kappa shape index (κ1) is 17.9. The number of nitrogens with one attached hydrogen (secondary N) is 1. The van der Waals surface area contributed by atoms with E-state index >= 15 is 0 Å². The predicted octanol–water partition coefficient (Wildman–Crippen LogP) is 4.04. The number of H-pyrrole nitrogens is 1. The molecule has 2 N–H and O–H groups in total. The summed E-state index contributed by atoms with van der Waals surface area (Å²) in [5.41, 5.74) is 3.02. The van der Waals surface area contributed by atoms with E-state index in [1.54, 1.807) is 18.1 Å². The number of carboxylic acid groups (broad SMARTS) is 1. The van der Waals surface area contributed by atoms with Crippen LogP contribution in [0.5, 0.6) is 0 Å². The lowest BCUT2D eigenvalue weighted by Crippen LogP contribution is -2.10. The summed E-state index contributed by atoms with van der Waals surface area (Å²) in [7, 11) is 2.01. The number of para-hydroxylation sites is 1. The molecule has 1 aromatic carbocycles. The topological polar surface area (TPSA) is 81.6 Å². The van der Waals surface area contributed by atoms with Gasteiger partial charge in [-0.05, 0) is 24.3 Å². The summed E-state index contributed by atoms with van der Waals surface area (Å²) in [5.74, 6) is -0.781. The van der Waals surface area contributed by atoms with Crippen molar-refractivity contribution in [1.82, 2.24) is 9.97 Å². The summed E-state index contributed by atoms with van der Waals surface area (Å²) in [5, 5.41) is 11.9. The molecule has 1 atom stereocenters. The van der Waals surface area contributed by atoms with Crippen molar-refractivity contribution in [1.29, 1.82) is 0 Å². The van der Waals surface area contributed by atoms with Crippen LogP contribution in [-0.2, 0) is 4.79 Å². The molecule has 0 radical (unpaired) electrons. The van der Waals surface area contributed by atoms with Gasteiger partial charge in [0.15, 0.2) is 0 Å². The maximum absolute atomic E-state index is 10.9. The number of aliphatic carboxylic acids is 1. The van der Waals surface area contributed by atoms with Crippen LogP contribution in [0.2, 0.25) is 0 Å². The average Bonchev–Trinajstić information content (AvgIpc) is 3.28. The largest absolute Gasteiger partial charge is 0.481 e. The van der Waals surface area contributed by atoms with Crippen molar-refractivity contribution < 1.29 is 9.90 Å². The number of aromatic amines is 1. The highest BCUT2D eigenvalue weighted by molar-refractivity contribution is 8.15. The van der Waals surface area contributed by atoms with Crippen LogP contribution < -0.4 is 4.31 Å². The Bertz CT molecular complexity index is 1000. The second-order valence-electron chi connectivity index (χ2n) is 6.16. The molecule has 0 spiro atoms. The maximum atomic E-state index is 10.9. The van der Waals surface area contributed by atoms with E-state index < -0.39 is 5.97 Å². The quantitative estimate of drug-likeness (QED) is 0.610. The lowest BCUT2D eigenvalue weighted by atomic mass is 10.2. The van der Waals surface area contributed by atoms with Gasteiger partial charge in [0.1, 0.15) is 10.1 Å². The molecular formula is C19H18N4O2S2. The molecule has 1 aliphatic heterocycles. The number of benzene rings is 1. The van der Waals surface area contributed by atoms with E-state index in [1.165, 1.54) is 11.8 Å². The van der Waals surface area contributed by atoms with Crippen LogP contribution >= 0.6 is 23.7 Å². The van der Waals surface area contributed by atoms with Crippen molar-refractivity contribution in [2.75, 3.05) is 17.9 Å². The molecule has 0 aliphatic carbocycles. The molecule has 3 aromatic rings. The molecule has 1 aliphatic rings. The fraction of sp³-hybridized carbons (Fsp3) is 0.211. The van der Waals surface area contributed by atoms with E-state index in [4.69, 9.17) is 5.11 Å². The molecule has 6 nitrogen and oxygen atoms in total. The van der Waals surface area contributed by atoms with E-state index in [1.807, 2.05) is 31.3 Å². The Morgan fingerprint density at radius 1 is 1.37 bits per heavy atom.